The number of esters is 1. The molecule has 0 saturated heterocycles. The van der Waals surface area contributed by atoms with Crippen LogP contribution in [0.1, 0.15) is 31.9 Å². The van der Waals surface area contributed by atoms with E-state index in [0.29, 0.717) is 0 Å². The lowest BCUT2D eigenvalue weighted by Crippen LogP contribution is -2.29. The van der Waals surface area contributed by atoms with E-state index in [4.69, 9.17) is 14.2 Å². The van der Waals surface area contributed by atoms with Gasteiger partial charge in [-0.2, -0.15) is 0 Å². The van der Waals surface area contributed by atoms with Gasteiger partial charge < -0.3 is 14.2 Å². The van der Waals surface area contributed by atoms with Crippen LogP contribution >= 0.6 is 0 Å². The Kier molecular flexibility index (Phi) is 6.17. The summed E-state index contributed by atoms with van der Waals surface area (Å²) < 4.78 is 16.8. The van der Waals surface area contributed by atoms with Crippen molar-refractivity contribution >= 4 is 11.8 Å². The number of rotatable bonds is 7. The SMILES string of the molecule is CC(C)(C)OC(=O)/C=C1\C(=O)C(OCc2ccccc2)=C1OCc1ccccc1. The number of carbonyl (C=O) groups excluding carboxylic acids is 2. The van der Waals surface area contributed by atoms with Crippen LogP contribution in [0.15, 0.2) is 83.8 Å². The Hall–Kier alpha value is -3.34. The molecule has 0 saturated carbocycles. The fourth-order valence-corrected chi connectivity index (χ4v) is 2.70. The molecule has 29 heavy (non-hydrogen) atoms. The van der Waals surface area contributed by atoms with Gasteiger partial charge in [-0.3, -0.25) is 4.79 Å². The summed E-state index contributed by atoms with van der Waals surface area (Å²) in [6, 6.07) is 19.1. The Bertz CT molecular complexity index is 934. The zero-order valence-electron chi connectivity index (χ0n) is 16.8. The Labute approximate surface area is 170 Å². The Balaban J connectivity index is 1.79. The average Bonchev–Trinajstić information content (AvgIpc) is 2.69. The van der Waals surface area contributed by atoms with E-state index in [2.05, 4.69) is 0 Å². The summed E-state index contributed by atoms with van der Waals surface area (Å²) in [7, 11) is 0. The molecule has 0 heterocycles. The molecule has 5 nitrogen and oxygen atoms in total. The molecule has 0 spiro atoms. The molecule has 1 aliphatic carbocycles. The van der Waals surface area contributed by atoms with E-state index in [1.165, 1.54) is 6.08 Å². The third kappa shape index (κ3) is 5.57. The summed E-state index contributed by atoms with van der Waals surface area (Å²) >= 11 is 0. The minimum atomic E-state index is -0.650. The molecule has 0 radical (unpaired) electrons. The monoisotopic (exact) mass is 392 g/mol. The summed E-state index contributed by atoms with van der Waals surface area (Å²) in [5.41, 5.74) is 1.39. The lowest BCUT2D eigenvalue weighted by atomic mass is 9.94. The molecule has 2 aromatic rings. The molecular formula is C24H24O5. The topological polar surface area (TPSA) is 61.8 Å². The quantitative estimate of drug-likeness (QED) is 0.513. The number of hydrogen-bond acceptors (Lipinski definition) is 5. The fraction of sp³-hybridized carbons (Fsp3) is 0.250. The van der Waals surface area contributed by atoms with E-state index >= 15 is 0 Å². The number of ether oxygens (including phenoxy) is 3. The van der Waals surface area contributed by atoms with E-state index < -0.39 is 11.6 Å². The van der Waals surface area contributed by atoms with Gasteiger partial charge in [-0.1, -0.05) is 60.7 Å². The minimum absolute atomic E-state index is 0.125. The fourth-order valence-electron chi connectivity index (χ4n) is 2.70. The largest absolute Gasteiger partial charge is 0.484 e. The lowest BCUT2D eigenvalue weighted by molar-refractivity contribution is -0.148. The van der Waals surface area contributed by atoms with Crippen LogP contribution in [0.2, 0.25) is 0 Å². The van der Waals surface area contributed by atoms with Crippen molar-refractivity contribution < 1.29 is 23.8 Å². The number of allylic oxidation sites excluding steroid dienone is 2. The molecule has 5 heteroatoms. The van der Waals surface area contributed by atoms with Crippen LogP contribution in [-0.2, 0) is 37.0 Å². The van der Waals surface area contributed by atoms with Crippen molar-refractivity contribution in [2.75, 3.05) is 0 Å². The molecule has 0 amide bonds. The zero-order valence-corrected chi connectivity index (χ0v) is 16.8. The maximum atomic E-state index is 12.6. The predicted molar refractivity (Wildman–Crippen MR) is 108 cm³/mol. The van der Waals surface area contributed by atoms with Crippen molar-refractivity contribution in [3.05, 3.63) is 95.0 Å². The first-order valence-corrected chi connectivity index (χ1v) is 9.41. The standard InChI is InChI=1S/C24H24O5/c1-24(2,3)29-20(25)14-19-21(26)23(28-16-18-12-8-5-9-13-18)22(19)27-15-17-10-6-4-7-11-17/h4-14H,15-16H2,1-3H3/b19-14+. The highest BCUT2D eigenvalue weighted by Crippen LogP contribution is 2.34. The van der Waals surface area contributed by atoms with Gasteiger partial charge in [0.05, 0.1) is 5.57 Å². The van der Waals surface area contributed by atoms with Crippen molar-refractivity contribution in [3.63, 3.8) is 0 Å². The van der Waals surface area contributed by atoms with Gasteiger partial charge in [0, 0.05) is 6.08 Å². The van der Waals surface area contributed by atoms with Crippen LogP contribution in [-0.4, -0.2) is 17.4 Å². The molecular weight excluding hydrogens is 368 g/mol. The summed E-state index contributed by atoms with van der Waals surface area (Å²) in [4.78, 5) is 24.7. The van der Waals surface area contributed by atoms with Crippen molar-refractivity contribution in [2.45, 2.75) is 39.6 Å². The summed E-state index contributed by atoms with van der Waals surface area (Å²) in [6.07, 6.45) is 1.17. The highest BCUT2D eigenvalue weighted by molar-refractivity contribution is 6.19. The Morgan fingerprint density at radius 2 is 1.31 bits per heavy atom. The second-order valence-electron chi connectivity index (χ2n) is 7.63. The third-order valence-corrected chi connectivity index (χ3v) is 4.02. The number of Topliss-reactive ketones (excluding diaryl/α,β-unsaturated/α-hetero) is 1. The lowest BCUT2D eigenvalue weighted by Gasteiger charge is -2.26. The van der Waals surface area contributed by atoms with E-state index in [9.17, 15) is 9.59 Å². The maximum absolute atomic E-state index is 12.6. The van der Waals surface area contributed by atoms with Gasteiger partial charge in [-0.05, 0) is 31.9 Å². The zero-order chi connectivity index (χ0) is 20.9. The number of hydrogen-bond donors (Lipinski definition) is 0. The number of benzene rings is 2. The van der Waals surface area contributed by atoms with Gasteiger partial charge in [0.15, 0.2) is 5.76 Å². The summed E-state index contributed by atoms with van der Waals surface area (Å²) in [5.74, 6) is -0.557. The molecule has 0 fully saturated rings. The van der Waals surface area contributed by atoms with Gasteiger partial charge >= 0.3 is 5.97 Å². The van der Waals surface area contributed by atoms with Crippen molar-refractivity contribution in [1.29, 1.82) is 0 Å². The van der Waals surface area contributed by atoms with E-state index in [0.717, 1.165) is 11.1 Å². The molecule has 3 rings (SSSR count). The Morgan fingerprint density at radius 1 is 0.828 bits per heavy atom. The smallest absolute Gasteiger partial charge is 0.332 e. The first-order chi connectivity index (χ1) is 13.8. The number of ketones is 1. The highest BCUT2D eigenvalue weighted by atomic mass is 16.6. The van der Waals surface area contributed by atoms with E-state index in [1.54, 1.807) is 20.8 Å². The molecule has 1 aliphatic rings. The molecule has 0 N–H and O–H groups in total. The van der Waals surface area contributed by atoms with Gasteiger partial charge in [0.1, 0.15) is 18.8 Å². The van der Waals surface area contributed by atoms with Crippen LogP contribution < -0.4 is 0 Å². The van der Waals surface area contributed by atoms with Crippen LogP contribution in [0.25, 0.3) is 0 Å². The molecule has 0 atom stereocenters. The van der Waals surface area contributed by atoms with Crippen molar-refractivity contribution in [2.24, 2.45) is 0 Å². The third-order valence-electron chi connectivity index (χ3n) is 4.02. The first-order valence-electron chi connectivity index (χ1n) is 9.41. The second-order valence-corrected chi connectivity index (χ2v) is 7.63. The molecule has 0 aromatic heterocycles. The van der Waals surface area contributed by atoms with Crippen LogP contribution in [0.4, 0.5) is 0 Å². The first kappa shape index (κ1) is 20.4. The summed E-state index contributed by atoms with van der Waals surface area (Å²) in [5, 5.41) is 0. The molecule has 0 unspecified atom stereocenters. The highest BCUT2D eigenvalue weighted by Gasteiger charge is 2.39. The number of carbonyl (C=O) groups is 2. The van der Waals surface area contributed by atoms with Crippen molar-refractivity contribution in [3.8, 4) is 0 Å². The average molecular weight is 392 g/mol. The predicted octanol–water partition coefficient (Wildman–Crippen LogP) is 4.48. The van der Waals surface area contributed by atoms with Crippen LogP contribution in [0.5, 0.6) is 0 Å². The van der Waals surface area contributed by atoms with E-state index in [1.807, 2.05) is 60.7 Å². The summed E-state index contributed by atoms with van der Waals surface area (Å²) in [6.45, 7) is 5.79. The maximum Gasteiger partial charge on any atom is 0.332 e. The van der Waals surface area contributed by atoms with Crippen LogP contribution in [0, 0.1) is 0 Å². The van der Waals surface area contributed by atoms with Crippen LogP contribution in [0.3, 0.4) is 0 Å². The molecule has 0 bridgehead atoms. The second kappa shape index (κ2) is 8.78. The van der Waals surface area contributed by atoms with Crippen molar-refractivity contribution in [1.82, 2.24) is 0 Å². The Morgan fingerprint density at radius 3 is 1.79 bits per heavy atom. The minimum Gasteiger partial charge on any atom is -0.484 e. The van der Waals surface area contributed by atoms with Gasteiger partial charge in [0.2, 0.25) is 11.5 Å². The molecule has 2 aromatic carbocycles. The molecule has 150 valence electrons. The van der Waals surface area contributed by atoms with Gasteiger partial charge in [-0.15, -0.1) is 0 Å². The van der Waals surface area contributed by atoms with Gasteiger partial charge in [0.25, 0.3) is 0 Å². The van der Waals surface area contributed by atoms with Gasteiger partial charge in [-0.25, -0.2) is 4.79 Å². The van der Waals surface area contributed by atoms with E-state index in [-0.39, 0.29) is 36.1 Å². The normalized spacial score (nSPS) is 15.1. The molecule has 0 aliphatic heterocycles.